The maximum absolute atomic E-state index is 12.1. The first kappa shape index (κ1) is 16.4. The van der Waals surface area contributed by atoms with Gasteiger partial charge in [0.25, 0.3) is 5.91 Å². The Morgan fingerprint density at radius 1 is 1.15 bits per heavy atom. The lowest BCUT2D eigenvalue weighted by Crippen LogP contribution is -2.40. The summed E-state index contributed by atoms with van der Waals surface area (Å²) in [4.78, 5) is 23.7. The maximum Gasteiger partial charge on any atom is 0.251 e. The van der Waals surface area contributed by atoms with Gasteiger partial charge in [-0.2, -0.15) is 0 Å². The molecular formula is C17H25NO2. The first-order chi connectivity index (χ1) is 9.43. The fourth-order valence-corrected chi connectivity index (χ4v) is 2.15. The van der Waals surface area contributed by atoms with Gasteiger partial charge in [0.2, 0.25) is 0 Å². The Bertz CT molecular complexity index is 449. The van der Waals surface area contributed by atoms with Crippen molar-refractivity contribution in [1.82, 2.24) is 5.32 Å². The number of aryl methyl sites for hydroxylation is 1. The molecule has 0 aliphatic carbocycles. The first-order valence-electron chi connectivity index (χ1n) is 7.34. The quantitative estimate of drug-likeness (QED) is 0.829. The molecule has 0 saturated heterocycles. The summed E-state index contributed by atoms with van der Waals surface area (Å²) in [5.41, 5.74) is 1.84. The Labute approximate surface area is 121 Å². The molecule has 20 heavy (non-hydrogen) atoms. The Balaban J connectivity index is 2.70. The van der Waals surface area contributed by atoms with Gasteiger partial charge in [-0.3, -0.25) is 9.59 Å². The molecule has 3 nitrogen and oxygen atoms in total. The van der Waals surface area contributed by atoms with Gasteiger partial charge in [0.15, 0.2) is 5.78 Å². The number of hydrogen-bond acceptors (Lipinski definition) is 2. The van der Waals surface area contributed by atoms with Gasteiger partial charge in [-0.05, 0) is 43.4 Å². The number of amides is 1. The minimum Gasteiger partial charge on any atom is -0.342 e. The van der Waals surface area contributed by atoms with Crippen molar-refractivity contribution >= 4 is 11.7 Å². The summed E-state index contributed by atoms with van der Waals surface area (Å²) in [5.74, 6) is 0.208. The van der Waals surface area contributed by atoms with Crippen LogP contribution in [0.5, 0.6) is 0 Å². The van der Waals surface area contributed by atoms with Crippen molar-refractivity contribution in [2.24, 2.45) is 5.92 Å². The molecule has 1 aromatic rings. The summed E-state index contributed by atoms with van der Waals surface area (Å²) >= 11 is 0. The summed E-state index contributed by atoms with van der Waals surface area (Å²) in [6, 6.07) is 7.21. The van der Waals surface area contributed by atoms with Crippen molar-refractivity contribution in [3.8, 4) is 0 Å². The van der Waals surface area contributed by atoms with Crippen LogP contribution in [0.4, 0.5) is 0 Å². The number of hydrogen-bond donors (Lipinski definition) is 1. The van der Waals surface area contributed by atoms with Crippen LogP contribution in [0.1, 0.15) is 56.5 Å². The van der Waals surface area contributed by atoms with E-state index in [0.717, 1.165) is 12.8 Å². The summed E-state index contributed by atoms with van der Waals surface area (Å²) in [6.07, 6.45) is 2.78. The van der Waals surface area contributed by atoms with Crippen LogP contribution < -0.4 is 5.32 Å². The zero-order valence-corrected chi connectivity index (χ0v) is 12.9. The van der Waals surface area contributed by atoms with E-state index in [1.165, 1.54) is 12.5 Å². The Hall–Kier alpha value is -1.64. The molecule has 0 spiro atoms. The summed E-state index contributed by atoms with van der Waals surface area (Å²) in [7, 11) is 0. The average Bonchev–Trinajstić information content (AvgIpc) is 2.38. The second-order valence-corrected chi connectivity index (χ2v) is 5.71. The Morgan fingerprint density at radius 3 is 2.20 bits per heavy atom. The van der Waals surface area contributed by atoms with Crippen molar-refractivity contribution < 1.29 is 9.59 Å². The van der Waals surface area contributed by atoms with E-state index < -0.39 is 6.04 Å². The zero-order valence-electron chi connectivity index (χ0n) is 12.9. The Morgan fingerprint density at radius 2 is 1.75 bits per heavy atom. The number of nitrogens with one attached hydrogen (secondary N) is 1. The molecule has 1 N–H and O–H groups in total. The number of benzene rings is 1. The van der Waals surface area contributed by atoms with Crippen LogP contribution in [-0.4, -0.2) is 17.7 Å². The van der Waals surface area contributed by atoms with E-state index in [4.69, 9.17) is 0 Å². The topological polar surface area (TPSA) is 46.2 Å². The smallest absolute Gasteiger partial charge is 0.251 e. The third-order valence-corrected chi connectivity index (χ3v) is 3.26. The van der Waals surface area contributed by atoms with E-state index >= 15 is 0 Å². The zero-order chi connectivity index (χ0) is 15.1. The van der Waals surface area contributed by atoms with Gasteiger partial charge in [-0.25, -0.2) is 0 Å². The molecule has 0 heterocycles. The fraction of sp³-hybridized carbons (Fsp3) is 0.529. The van der Waals surface area contributed by atoms with Crippen molar-refractivity contribution in [2.45, 2.75) is 53.0 Å². The molecule has 0 radical (unpaired) electrons. The van der Waals surface area contributed by atoms with Crippen LogP contribution in [0.15, 0.2) is 24.3 Å². The predicted octanol–water partition coefficient (Wildman–Crippen LogP) is 3.37. The second kappa shape index (κ2) is 7.83. The highest BCUT2D eigenvalue weighted by molar-refractivity contribution is 5.97. The van der Waals surface area contributed by atoms with Crippen LogP contribution in [0.3, 0.4) is 0 Å². The molecule has 0 aliphatic heterocycles. The monoisotopic (exact) mass is 275 g/mol. The highest BCUT2D eigenvalue weighted by Gasteiger charge is 2.19. The molecule has 1 rings (SSSR count). The lowest BCUT2D eigenvalue weighted by atomic mass is 10.0. The molecule has 1 amide bonds. The number of ketones is 1. The van der Waals surface area contributed by atoms with E-state index in [1.54, 1.807) is 0 Å². The molecule has 0 aromatic heterocycles. The largest absolute Gasteiger partial charge is 0.342 e. The van der Waals surface area contributed by atoms with Crippen molar-refractivity contribution in [3.63, 3.8) is 0 Å². The lowest BCUT2D eigenvalue weighted by Gasteiger charge is -2.18. The van der Waals surface area contributed by atoms with Crippen LogP contribution in [-0.2, 0) is 11.2 Å². The SMILES string of the molecule is CCCc1ccc(C(=O)N[C@H](CC(C)C)C(C)=O)cc1. The summed E-state index contributed by atoms with van der Waals surface area (Å²) in [5, 5.41) is 2.83. The number of carbonyl (C=O) groups is 2. The second-order valence-electron chi connectivity index (χ2n) is 5.71. The molecular weight excluding hydrogens is 250 g/mol. The molecule has 0 unspecified atom stereocenters. The first-order valence-corrected chi connectivity index (χ1v) is 7.34. The highest BCUT2D eigenvalue weighted by atomic mass is 16.2. The molecule has 3 heteroatoms. The van der Waals surface area contributed by atoms with Crippen molar-refractivity contribution in [2.75, 3.05) is 0 Å². The van der Waals surface area contributed by atoms with Gasteiger partial charge in [0.05, 0.1) is 6.04 Å². The fourth-order valence-electron chi connectivity index (χ4n) is 2.15. The summed E-state index contributed by atoms with van der Waals surface area (Å²) < 4.78 is 0. The predicted molar refractivity (Wildman–Crippen MR) is 81.8 cm³/mol. The highest BCUT2D eigenvalue weighted by Crippen LogP contribution is 2.09. The molecule has 0 saturated carbocycles. The number of Topliss-reactive ketones (excluding diaryl/α,β-unsaturated/α-hetero) is 1. The average molecular weight is 275 g/mol. The minimum absolute atomic E-state index is 0.00894. The third kappa shape index (κ3) is 5.16. The Kier molecular flexibility index (Phi) is 6.43. The number of rotatable bonds is 7. The molecule has 0 fully saturated rings. The summed E-state index contributed by atoms with van der Waals surface area (Å²) in [6.45, 7) is 7.74. The maximum atomic E-state index is 12.1. The van der Waals surface area contributed by atoms with Crippen LogP contribution in [0.2, 0.25) is 0 Å². The van der Waals surface area contributed by atoms with Gasteiger partial charge >= 0.3 is 0 Å². The number of carbonyl (C=O) groups excluding carboxylic acids is 2. The third-order valence-electron chi connectivity index (χ3n) is 3.26. The molecule has 1 atom stereocenters. The van der Waals surface area contributed by atoms with Crippen LogP contribution in [0.25, 0.3) is 0 Å². The van der Waals surface area contributed by atoms with E-state index in [1.807, 2.05) is 38.1 Å². The van der Waals surface area contributed by atoms with Gasteiger partial charge in [0, 0.05) is 5.56 Å². The van der Waals surface area contributed by atoms with Crippen molar-refractivity contribution in [3.05, 3.63) is 35.4 Å². The molecule has 0 aliphatic rings. The van der Waals surface area contributed by atoms with E-state index in [2.05, 4.69) is 12.2 Å². The van der Waals surface area contributed by atoms with Gasteiger partial charge in [0.1, 0.15) is 0 Å². The normalized spacial score (nSPS) is 12.2. The van der Waals surface area contributed by atoms with E-state index in [9.17, 15) is 9.59 Å². The van der Waals surface area contributed by atoms with Crippen molar-refractivity contribution in [1.29, 1.82) is 0 Å². The van der Waals surface area contributed by atoms with Gasteiger partial charge in [-0.1, -0.05) is 39.3 Å². The standard InChI is InChI=1S/C17H25NO2/c1-5-6-14-7-9-15(10-8-14)17(20)18-16(13(4)19)11-12(2)3/h7-10,12,16H,5-6,11H2,1-4H3,(H,18,20)/t16-/m1/s1. The van der Waals surface area contributed by atoms with E-state index in [0.29, 0.717) is 17.9 Å². The van der Waals surface area contributed by atoms with Gasteiger partial charge in [-0.15, -0.1) is 0 Å². The van der Waals surface area contributed by atoms with Gasteiger partial charge < -0.3 is 5.32 Å². The molecule has 1 aromatic carbocycles. The van der Waals surface area contributed by atoms with E-state index in [-0.39, 0.29) is 11.7 Å². The minimum atomic E-state index is -0.391. The van der Waals surface area contributed by atoms with Crippen LogP contribution >= 0.6 is 0 Å². The molecule has 0 bridgehead atoms. The molecule has 110 valence electrons. The van der Waals surface area contributed by atoms with Crippen LogP contribution in [0, 0.1) is 5.92 Å². The lowest BCUT2D eigenvalue weighted by molar-refractivity contribution is -0.119.